The number of methoxy groups -OCH3 is 1. The number of benzene rings is 1. The Morgan fingerprint density at radius 3 is 2.85 bits per heavy atom. The van der Waals surface area contributed by atoms with E-state index in [0.29, 0.717) is 29.4 Å². The van der Waals surface area contributed by atoms with Gasteiger partial charge in [-0.25, -0.2) is 4.98 Å². The summed E-state index contributed by atoms with van der Waals surface area (Å²) >= 11 is 7.69. The molecule has 2 N–H and O–H groups in total. The summed E-state index contributed by atoms with van der Waals surface area (Å²) in [5.74, 6) is 0.509. The number of phenols is 1. The number of aromatic nitrogens is 1. The van der Waals surface area contributed by atoms with Crippen LogP contribution in [0.1, 0.15) is 22.4 Å². The number of aromatic hydroxyl groups is 1. The van der Waals surface area contributed by atoms with Gasteiger partial charge in [0.25, 0.3) is 0 Å². The first-order chi connectivity index (χ1) is 9.63. The standard InChI is InChI=1S/C14H17ClN2O2S/c1-3-11-7-17-13(20-11)8-16-6-9-4-10(15)5-12(19-2)14(9)18/h4-5,7,16,18H,3,6,8H2,1-2H3. The quantitative estimate of drug-likeness (QED) is 0.858. The van der Waals surface area contributed by atoms with E-state index in [-0.39, 0.29) is 5.75 Å². The van der Waals surface area contributed by atoms with Gasteiger partial charge in [0.2, 0.25) is 0 Å². The summed E-state index contributed by atoms with van der Waals surface area (Å²) in [4.78, 5) is 5.61. The van der Waals surface area contributed by atoms with E-state index >= 15 is 0 Å². The van der Waals surface area contributed by atoms with Gasteiger partial charge in [-0.3, -0.25) is 0 Å². The molecule has 108 valence electrons. The fourth-order valence-corrected chi connectivity index (χ4v) is 2.88. The van der Waals surface area contributed by atoms with Crippen LogP contribution in [0.4, 0.5) is 0 Å². The Kier molecular flexibility index (Phi) is 5.23. The third-order valence-corrected chi connectivity index (χ3v) is 4.24. The number of phenolic OH excluding ortho intramolecular Hbond substituents is 1. The number of thiazole rings is 1. The van der Waals surface area contributed by atoms with Gasteiger partial charge in [0, 0.05) is 40.8 Å². The van der Waals surface area contributed by atoms with Gasteiger partial charge in [-0.15, -0.1) is 11.3 Å². The largest absolute Gasteiger partial charge is 0.504 e. The van der Waals surface area contributed by atoms with E-state index in [1.807, 2.05) is 6.20 Å². The zero-order valence-electron chi connectivity index (χ0n) is 11.4. The SMILES string of the molecule is CCc1cnc(CNCc2cc(Cl)cc(OC)c2O)s1. The van der Waals surface area contributed by atoms with Crippen LogP contribution in [-0.4, -0.2) is 17.2 Å². The van der Waals surface area contributed by atoms with E-state index in [9.17, 15) is 5.11 Å². The van der Waals surface area contributed by atoms with E-state index in [4.69, 9.17) is 16.3 Å². The van der Waals surface area contributed by atoms with Crippen LogP contribution in [0.5, 0.6) is 11.5 Å². The zero-order chi connectivity index (χ0) is 14.5. The van der Waals surface area contributed by atoms with Crippen LogP contribution in [0.25, 0.3) is 0 Å². The number of aryl methyl sites for hydroxylation is 1. The molecule has 0 radical (unpaired) electrons. The van der Waals surface area contributed by atoms with Crippen LogP contribution < -0.4 is 10.1 Å². The highest BCUT2D eigenvalue weighted by Crippen LogP contribution is 2.33. The molecule has 0 saturated carbocycles. The molecule has 1 heterocycles. The van der Waals surface area contributed by atoms with Gasteiger partial charge in [0.1, 0.15) is 5.01 Å². The lowest BCUT2D eigenvalue weighted by Gasteiger charge is -2.10. The maximum atomic E-state index is 10.0. The molecule has 0 atom stereocenters. The van der Waals surface area contributed by atoms with Gasteiger partial charge in [-0.05, 0) is 12.5 Å². The van der Waals surface area contributed by atoms with Crippen molar-refractivity contribution in [3.8, 4) is 11.5 Å². The van der Waals surface area contributed by atoms with Gasteiger partial charge in [0.15, 0.2) is 11.5 Å². The fourth-order valence-electron chi connectivity index (χ4n) is 1.82. The highest BCUT2D eigenvalue weighted by Gasteiger charge is 2.10. The lowest BCUT2D eigenvalue weighted by molar-refractivity contribution is 0.369. The predicted molar refractivity (Wildman–Crippen MR) is 81.7 cm³/mol. The van der Waals surface area contributed by atoms with E-state index < -0.39 is 0 Å². The maximum Gasteiger partial charge on any atom is 0.162 e. The number of nitrogens with zero attached hydrogens (tertiary/aromatic N) is 1. The third kappa shape index (κ3) is 3.62. The number of hydrogen-bond acceptors (Lipinski definition) is 5. The Labute approximate surface area is 127 Å². The molecule has 0 aliphatic heterocycles. The number of halogens is 1. The summed E-state index contributed by atoms with van der Waals surface area (Å²) in [6.07, 6.45) is 2.91. The van der Waals surface area contributed by atoms with Crippen LogP contribution in [0.2, 0.25) is 5.02 Å². The minimum atomic E-state index is 0.123. The average molecular weight is 313 g/mol. The second kappa shape index (κ2) is 6.92. The molecular formula is C14H17ClN2O2S. The molecule has 0 spiro atoms. The summed E-state index contributed by atoms with van der Waals surface area (Å²) in [6.45, 7) is 3.28. The minimum absolute atomic E-state index is 0.123. The summed E-state index contributed by atoms with van der Waals surface area (Å²) < 4.78 is 5.08. The molecule has 0 aliphatic rings. The Morgan fingerprint density at radius 1 is 1.40 bits per heavy atom. The summed E-state index contributed by atoms with van der Waals surface area (Å²) in [6, 6.07) is 3.32. The van der Waals surface area contributed by atoms with Crippen molar-refractivity contribution in [2.24, 2.45) is 0 Å². The molecule has 0 bridgehead atoms. The molecule has 2 aromatic rings. The van der Waals surface area contributed by atoms with Crippen LogP contribution in [0.3, 0.4) is 0 Å². The van der Waals surface area contributed by atoms with Gasteiger partial charge < -0.3 is 15.2 Å². The molecule has 0 saturated heterocycles. The van der Waals surface area contributed by atoms with Gasteiger partial charge in [0.05, 0.1) is 7.11 Å². The number of rotatable bonds is 6. The molecule has 20 heavy (non-hydrogen) atoms. The minimum Gasteiger partial charge on any atom is -0.504 e. The molecule has 0 fully saturated rings. The van der Waals surface area contributed by atoms with Crippen molar-refractivity contribution < 1.29 is 9.84 Å². The van der Waals surface area contributed by atoms with Crippen molar-refractivity contribution in [2.45, 2.75) is 26.4 Å². The van der Waals surface area contributed by atoms with E-state index in [1.165, 1.54) is 12.0 Å². The third-order valence-electron chi connectivity index (χ3n) is 2.88. The highest BCUT2D eigenvalue weighted by molar-refractivity contribution is 7.11. The molecule has 6 heteroatoms. The molecule has 4 nitrogen and oxygen atoms in total. The van der Waals surface area contributed by atoms with E-state index in [1.54, 1.807) is 23.5 Å². The second-order valence-electron chi connectivity index (χ2n) is 4.29. The smallest absolute Gasteiger partial charge is 0.162 e. The molecule has 2 rings (SSSR count). The van der Waals surface area contributed by atoms with Crippen LogP contribution in [-0.2, 0) is 19.5 Å². The van der Waals surface area contributed by atoms with Crippen LogP contribution in [0, 0.1) is 0 Å². The van der Waals surface area contributed by atoms with Crippen molar-refractivity contribution >= 4 is 22.9 Å². The Morgan fingerprint density at radius 2 is 2.20 bits per heavy atom. The number of ether oxygens (including phenoxy) is 1. The highest BCUT2D eigenvalue weighted by atomic mass is 35.5. The van der Waals surface area contributed by atoms with Gasteiger partial charge in [-0.2, -0.15) is 0 Å². The Bertz CT molecular complexity index is 587. The average Bonchev–Trinajstić information content (AvgIpc) is 2.90. The van der Waals surface area contributed by atoms with E-state index in [0.717, 1.165) is 11.4 Å². The molecule has 1 aromatic carbocycles. The molecule has 0 unspecified atom stereocenters. The molecule has 1 aromatic heterocycles. The monoisotopic (exact) mass is 312 g/mol. The van der Waals surface area contributed by atoms with Crippen molar-refractivity contribution in [3.63, 3.8) is 0 Å². The lowest BCUT2D eigenvalue weighted by atomic mass is 10.2. The second-order valence-corrected chi connectivity index (χ2v) is 5.93. The molecular weight excluding hydrogens is 296 g/mol. The maximum absolute atomic E-state index is 10.0. The first kappa shape index (κ1) is 15.1. The first-order valence-corrected chi connectivity index (χ1v) is 7.53. The molecule has 0 amide bonds. The van der Waals surface area contributed by atoms with Gasteiger partial charge >= 0.3 is 0 Å². The summed E-state index contributed by atoms with van der Waals surface area (Å²) in [5, 5.41) is 14.8. The lowest BCUT2D eigenvalue weighted by Crippen LogP contribution is -2.12. The van der Waals surface area contributed by atoms with Crippen molar-refractivity contribution in [1.82, 2.24) is 10.3 Å². The predicted octanol–water partition coefficient (Wildman–Crippen LogP) is 3.36. The molecule has 0 aliphatic carbocycles. The summed E-state index contributed by atoms with van der Waals surface area (Å²) in [5.41, 5.74) is 0.710. The van der Waals surface area contributed by atoms with Crippen molar-refractivity contribution in [1.29, 1.82) is 0 Å². The zero-order valence-corrected chi connectivity index (χ0v) is 13.0. The summed E-state index contributed by atoms with van der Waals surface area (Å²) in [7, 11) is 1.50. The normalized spacial score (nSPS) is 10.8. The van der Waals surface area contributed by atoms with Crippen molar-refractivity contribution in [2.75, 3.05) is 7.11 Å². The van der Waals surface area contributed by atoms with E-state index in [2.05, 4.69) is 17.2 Å². The first-order valence-electron chi connectivity index (χ1n) is 6.33. The van der Waals surface area contributed by atoms with Crippen LogP contribution >= 0.6 is 22.9 Å². The Balaban J connectivity index is 1.98. The van der Waals surface area contributed by atoms with Gasteiger partial charge in [-0.1, -0.05) is 18.5 Å². The van der Waals surface area contributed by atoms with Crippen molar-refractivity contribution in [3.05, 3.63) is 38.8 Å². The Hall–Kier alpha value is -1.30. The fraction of sp³-hybridized carbons (Fsp3) is 0.357. The topological polar surface area (TPSA) is 54.4 Å². The number of nitrogens with one attached hydrogen (secondary N) is 1. The number of hydrogen-bond donors (Lipinski definition) is 2. The van der Waals surface area contributed by atoms with Crippen LogP contribution in [0.15, 0.2) is 18.3 Å².